The third-order valence-electron chi connectivity index (χ3n) is 6.96. The van der Waals surface area contributed by atoms with E-state index in [1.165, 1.54) is 12.0 Å². The van der Waals surface area contributed by atoms with E-state index in [2.05, 4.69) is 25.0 Å². The van der Waals surface area contributed by atoms with Crippen LogP contribution in [0, 0.1) is 23.2 Å². The Labute approximate surface area is 160 Å². The van der Waals surface area contributed by atoms with Crippen molar-refractivity contribution < 1.29 is 14.3 Å². The van der Waals surface area contributed by atoms with E-state index >= 15 is 0 Å². The number of piperidine rings is 1. The molecule has 1 aromatic heterocycles. The van der Waals surface area contributed by atoms with Gasteiger partial charge in [-0.05, 0) is 36.5 Å². The Morgan fingerprint density at radius 3 is 2.89 bits per heavy atom. The van der Waals surface area contributed by atoms with E-state index in [1.807, 2.05) is 7.05 Å². The quantitative estimate of drug-likeness (QED) is 0.589. The van der Waals surface area contributed by atoms with Crippen LogP contribution in [0.5, 0.6) is 0 Å². The molecule has 1 amide bonds. The van der Waals surface area contributed by atoms with Gasteiger partial charge in [0.1, 0.15) is 0 Å². The van der Waals surface area contributed by atoms with Crippen molar-refractivity contribution in [1.82, 2.24) is 9.78 Å². The molecular weight excluding hydrogens is 342 g/mol. The van der Waals surface area contributed by atoms with E-state index in [0.29, 0.717) is 37.3 Å². The van der Waals surface area contributed by atoms with E-state index in [1.54, 1.807) is 22.0 Å². The van der Waals surface area contributed by atoms with Gasteiger partial charge in [-0.3, -0.25) is 14.3 Å². The summed E-state index contributed by atoms with van der Waals surface area (Å²) in [5.41, 5.74) is 2.61. The molecule has 2 fully saturated rings. The number of carbonyl (C=O) groups excluding carboxylic acids is 2. The summed E-state index contributed by atoms with van der Waals surface area (Å²) >= 11 is 0. The fourth-order valence-corrected chi connectivity index (χ4v) is 4.98. The van der Waals surface area contributed by atoms with E-state index in [0.717, 1.165) is 24.4 Å². The average molecular weight is 371 g/mol. The molecule has 6 heteroatoms. The summed E-state index contributed by atoms with van der Waals surface area (Å²) < 4.78 is 7.27. The lowest BCUT2D eigenvalue weighted by molar-refractivity contribution is -0.149. The van der Waals surface area contributed by atoms with Gasteiger partial charge in [-0.2, -0.15) is 5.10 Å². The zero-order valence-electron chi connectivity index (χ0n) is 16.5. The molecular formula is C21H29N3O3. The first-order valence-corrected chi connectivity index (χ1v) is 10.0. The smallest absolute Gasteiger partial charge is 0.310 e. The van der Waals surface area contributed by atoms with Crippen LogP contribution in [-0.2, 0) is 21.4 Å². The Hall–Kier alpha value is -2.11. The molecule has 5 rings (SSSR count). The number of nitrogens with zero attached hydrogens (tertiary/aromatic N) is 3. The van der Waals surface area contributed by atoms with Crippen LogP contribution in [0.3, 0.4) is 0 Å². The second-order valence-electron chi connectivity index (χ2n) is 8.85. The van der Waals surface area contributed by atoms with Gasteiger partial charge in [0.2, 0.25) is 5.91 Å². The molecule has 146 valence electrons. The van der Waals surface area contributed by atoms with E-state index < -0.39 is 0 Å². The molecule has 2 heterocycles. The van der Waals surface area contributed by atoms with Gasteiger partial charge >= 0.3 is 5.97 Å². The number of fused-ring (bicyclic) bond motifs is 1. The first-order valence-electron chi connectivity index (χ1n) is 10.0. The summed E-state index contributed by atoms with van der Waals surface area (Å²) in [6.07, 6.45) is 10.1. The van der Waals surface area contributed by atoms with Gasteiger partial charge in [0.25, 0.3) is 0 Å². The molecule has 4 aliphatic rings. The van der Waals surface area contributed by atoms with Gasteiger partial charge in [-0.15, -0.1) is 0 Å². The Balaban J connectivity index is 1.30. The topological polar surface area (TPSA) is 64.4 Å². The molecule has 27 heavy (non-hydrogen) atoms. The van der Waals surface area contributed by atoms with Crippen molar-refractivity contribution in [2.75, 3.05) is 18.1 Å². The van der Waals surface area contributed by atoms with Crippen LogP contribution in [0.25, 0.3) is 0 Å². The lowest BCUT2D eigenvalue weighted by Gasteiger charge is -2.56. The van der Waals surface area contributed by atoms with Gasteiger partial charge in [0.15, 0.2) is 0 Å². The van der Waals surface area contributed by atoms with Crippen molar-refractivity contribution in [2.24, 2.45) is 30.2 Å². The molecule has 0 aromatic carbocycles. The first-order chi connectivity index (χ1) is 12.9. The largest absolute Gasteiger partial charge is 0.465 e. The van der Waals surface area contributed by atoms with Crippen LogP contribution in [-0.4, -0.2) is 34.8 Å². The molecule has 1 aliphatic heterocycles. The van der Waals surface area contributed by atoms with Crippen LogP contribution < -0.4 is 4.90 Å². The van der Waals surface area contributed by atoms with E-state index in [4.69, 9.17) is 4.74 Å². The zero-order valence-corrected chi connectivity index (χ0v) is 16.5. The van der Waals surface area contributed by atoms with E-state index in [-0.39, 0.29) is 17.8 Å². The molecule has 0 radical (unpaired) electrons. The number of esters is 1. The number of aromatic nitrogens is 2. The summed E-state index contributed by atoms with van der Waals surface area (Å²) in [7, 11) is 1.81. The predicted molar refractivity (Wildman–Crippen MR) is 102 cm³/mol. The maximum atomic E-state index is 12.5. The normalized spacial score (nSPS) is 29.1. The monoisotopic (exact) mass is 371 g/mol. The number of ether oxygens (including phenoxy) is 1. The number of aryl methyl sites for hydroxylation is 1. The molecule has 1 unspecified atom stereocenters. The van der Waals surface area contributed by atoms with Crippen molar-refractivity contribution in [3.63, 3.8) is 0 Å². The minimum absolute atomic E-state index is 0.0428. The number of carbonyl (C=O) groups is 2. The Bertz CT molecular complexity index is 779. The number of anilines is 1. The molecule has 1 saturated carbocycles. The van der Waals surface area contributed by atoms with Crippen molar-refractivity contribution in [3.05, 3.63) is 24.0 Å². The predicted octanol–water partition coefficient (Wildman–Crippen LogP) is 3.09. The van der Waals surface area contributed by atoms with Crippen molar-refractivity contribution in [3.8, 4) is 0 Å². The van der Waals surface area contributed by atoms with Crippen LogP contribution in [0.4, 0.5) is 5.69 Å². The maximum absolute atomic E-state index is 12.5. The van der Waals surface area contributed by atoms with Crippen LogP contribution in [0.15, 0.2) is 24.0 Å². The molecule has 0 spiro atoms. The highest BCUT2D eigenvalue weighted by Crippen LogP contribution is 2.59. The number of amides is 1. The van der Waals surface area contributed by atoms with Crippen LogP contribution >= 0.6 is 0 Å². The summed E-state index contributed by atoms with van der Waals surface area (Å²) in [5, 5.41) is 4.12. The van der Waals surface area contributed by atoms with Gasteiger partial charge in [-0.25, -0.2) is 0 Å². The first kappa shape index (κ1) is 18.3. The van der Waals surface area contributed by atoms with Crippen LogP contribution in [0.1, 0.15) is 46.0 Å². The lowest BCUT2D eigenvalue weighted by atomic mass is 9.48. The number of allylic oxidation sites excluding steroid dienone is 1. The number of hydrogen-bond acceptors (Lipinski definition) is 4. The second kappa shape index (κ2) is 6.80. The average Bonchev–Trinajstić information content (AvgIpc) is 3.08. The maximum Gasteiger partial charge on any atom is 0.310 e. The third-order valence-corrected chi connectivity index (χ3v) is 6.96. The van der Waals surface area contributed by atoms with Gasteiger partial charge in [-0.1, -0.05) is 25.5 Å². The molecule has 3 atom stereocenters. The molecule has 0 N–H and O–H groups in total. The summed E-state index contributed by atoms with van der Waals surface area (Å²) in [5.74, 6) is 1.09. The lowest BCUT2D eigenvalue weighted by Crippen LogP contribution is -2.48. The highest BCUT2D eigenvalue weighted by Gasteiger charge is 2.50. The van der Waals surface area contributed by atoms with Crippen molar-refractivity contribution in [2.45, 2.75) is 46.0 Å². The molecule has 3 aliphatic carbocycles. The zero-order chi connectivity index (χ0) is 19.2. The summed E-state index contributed by atoms with van der Waals surface area (Å²) in [6.45, 7) is 5.54. The molecule has 2 bridgehead atoms. The molecule has 1 saturated heterocycles. The number of rotatable bonds is 5. The summed E-state index contributed by atoms with van der Waals surface area (Å²) in [4.78, 5) is 26.4. The fourth-order valence-electron chi connectivity index (χ4n) is 4.98. The van der Waals surface area contributed by atoms with Crippen molar-refractivity contribution in [1.29, 1.82) is 0 Å². The standard InChI is InChI=1S/C21H29N3O3/c1-21(2)16-6-4-14(18(21)10-16)8-9-27-20(26)15-5-7-19(25)24(12-15)17-11-22-23(3)13-17/h4,11,13,15-16,18H,5-10,12H2,1-3H3/t15?,16-,18-/m0/s1. The minimum Gasteiger partial charge on any atom is -0.465 e. The Kier molecular flexibility index (Phi) is 4.60. The highest BCUT2D eigenvalue weighted by molar-refractivity contribution is 5.95. The molecule has 6 nitrogen and oxygen atoms in total. The minimum atomic E-state index is -0.257. The van der Waals surface area contributed by atoms with Crippen molar-refractivity contribution >= 4 is 17.6 Å². The Morgan fingerprint density at radius 1 is 1.41 bits per heavy atom. The van der Waals surface area contributed by atoms with Gasteiger partial charge in [0, 0.05) is 32.6 Å². The Morgan fingerprint density at radius 2 is 2.22 bits per heavy atom. The van der Waals surface area contributed by atoms with E-state index in [9.17, 15) is 9.59 Å². The second-order valence-corrected chi connectivity index (χ2v) is 8.85. The van der Waals surface area contributed by atoms with Crippen LogP contribution in [0.2, 0.25) is 0 Å². The fraction of sp³-hybridized carbons (Fsp3) is 0.667. The molecule has 1 aromatic rings. The highest BCUT2D eigenvalue weighted by atomic mass is 16.5. The SMILES string of the molecule is Cn1cc(N2CC(C(=O)OCCC3=CC[C@H]4C[C@@H]3C4(C)C)CCC2=O)cn1. The van der Waals surface area contributed by atoms with Gasteiger partial charge in [0.05, 0.1) is 24.4 Å². The summed E-state index contributed by atoms with van der Waals surface area (Å²) in [6, 6.07) is 0. The van der Waals surface area contributed by atoms with Gasteiger partial charge < -0.3 is 9.64 Å². The number of hydrogen-bond donors (Lipinski definition) is 0. The third kappa shape index (κ3) is 3.30.